The Morgan fingerprint density at radius 3 is 2.47 bits per heavy atom. The first-order chi connectivity index (χ1) is 17.6. The molecule has 36 heavy (non-hydrogen) atoms. The molecule has 0 aliphatic carbocycles. The number of H-pyrrole nitrogens is 1. The summed E-state index contributed by atoms with van der Waals surface area (Å²) in [6.45, 7) is 12.4. The number of rotatable bonds is 8. The average Bonchev–Trinajstić information content (AvgIpc) is 3.33. The van der Waals surface area contributed by atoms with E-state index in [2.05, 4.69) is 38.0 Å². The van der Waals surface area contributed by atoms with E-state index in [1.165, 1.54) is 10.9 Å². The van der Waals surface area contributed by atoms with Crippen LogP contribution in [0.5, 0.6) is 0 Å². The highest BCUT2D eigenvalue weighted by molar-refractivity contribution is 5.93. The van der Waals surface area contributed by atoms with Crippen LogP contribution in [0.25, 0.3) is 26.9 Å². The Kier molecular flexibility index (Phi) is 6.96. The number of unbranched alkanes of at least 4 members (excludes halogenated alkanes) is 1. The minimum absolute atomic E-state index is 0.417. The molecule has 7 heteroatoms. The largest absolute Gasteiger partial charge is 0.366 e. The summed E-state index contributed by atoms with van der Waals surface area (Å²) >= 11 is 0. The van der Waals surface area contributed by atoms with E-state index in [4.69, 9.17) is 17.3 Å². The van der Waals surface area contributed by atoms with E-state index >= 15 is 0 Å². The van der Waals surface area contributed by atoms with Gasteiger partial charge in [0.25, 0.3) is 0 Å². The second kappa shape index (κ2) is 10.6. The summed E-state index contributed by atoms with van der Waals surface area (Å²) in [5.74, 6) is 0.588. The van der Waals surface area contributed by atoms with Gasteiger partial charge in [-0.3, -0.25) is 9.69 Å². The molecule has 0 radical (unpaired) electrons. The van der Waals surface area contributed by atoms with Crippen LogP contribution >= 0.6 is 0 Å². The van der Waals surface area contributed by atoms with Crippen LogP contribution in [0.3, 0.4) is 0 Å². The number of benzene rings is 2. The van der Waals surface area contributed by atoms with Crippen molar-refractivity contribution in [2.45, 2.75) is 19.3 Å². The molecule has 3 N–H and O–H groups in total. The zero-order valence-electron chi connectivity index (χ0n) is 20.3. The molecule has 0 unspecified atom stereocenters. The predicted molar refractivity (Wildman–Crippen MR) is 144 cm³/mol. The number of amides is 1. The Morgan fingerprint density at radius 1 is 1.00 bits per heavy atom. The van der Waals surface area contributed by atoms with Gasteiger partial charge in [-0.05, 0) is 78.7 Å². The van der Waals surface area contributed by atoms with Gasteiger partial charge in [0.1, 0.15) is 5.82 Å². The summed E-state index contributed by atoms with van der Waals surface area (Å²) in [7, 11) is 0. The molecule has 182 valence electrons. The molecule has 1 aliphatic rings. The molecule has 2 aromatic heterocycles. The summed E-state index contributed by atoms with van der Waals surface area (Å²) in [6.07, 6.45) is 7.32. The fourth-order valence-electron chi connectivity index (χ4n) is 4.87. The first-order valence-corrected chi connectivity index (χ1v) is 12.4. The van der Waals surface area contributed by atoms with Gasteiger partial charge in [-0.15, -0.1) is 0 Å². The molecule has 5 rings (SSSR count). The highest BCUT2D eigenvalue weighted by Gasteiger charge is 2.18. The van der Waals surface area contributed by atoms with E-state index < -0.39 is 5.91 Å². The number of aromatic nitrogens is 2. The Balaban J connectivity index is 1.08. The number of carbonyl (C=O) groups excluding carboxylic acids is 1. The minimum atomic E-state index is -0.417. The van der Waals surface area contributed by atoms with Crippen LogP contribution in [0.4, 0.5) is 11.5 Å². The van der Waals surface area contributed by atoms with Crippen molar-refractivity contribution in [2.24, 2.45) is 5.73 Å². The van der Waals surface area contributed by atoms with Gasteiger partial charge in [0.15, 0.2) is 5.69 Å². The standard InChI is InChI=1S/C29H30N6O/c1-31-25-10-11-27-26(18-25)24(20-32-27)4-2-3-13-34-14-16-35(17-15-34)28-12-9-23(19-33-28)21-5-7-22(8-6-21)29(30)36/h5-12,18-20,32H,2-4,13-17H2,(H2,30,36). The molecular formula is C29H30N6O. The number of aryl methyl sites for hydroxylation is 1. The first-order valence-electron chi connectivity index (χ1n) is 12.4. The predicted octanol–water partition coefficient (Wildman–Crippen LogP) is 5.02. The molecule has 7 nitrogen and oxygen atoms in total. The average molecular weight is 479 g/mol. The number of aromatic amines is 1. The van der Waals surface area contributed by atoms with Crippen molar-refractivity contribution < 1.29 is 4.79 Å². The van der Waals surface area contributed by atoms with Gasteiger partial charge in [0, 0.05) is 55.2 Å². The van der Waals surface area contributed by atoms with Crippen molar-refractivity contribution in [3.63, 3.8) is 0 Å². The second-order valence-electron chi connectivity index (χ2n) is 9.29. The minimum Gasteiger partial charge on any atom is -0.366 e. The number of nitrogens with zero attached hydrogens (tertiary/aromatic N) is 4. The summed E-state index contributed by atoms with van der Waals surface area (Å²) < 4.78 is 0. The lowest BCUT2D eigenvalue weighted by Gasteiger charge is -2.35. The fraction of sp³-hybridized carbons (Fsp3) is 0.276. The number of pyridine rings is 1. The lowest BCUT2D eigenvalue weighted by Crippen LogP contribution is -2.46. The maximum atomic E-state index is 11.3. The van der Waals surface area contributed by atoms with Crippen LogP contribution < -0.4 is 10.6 Å². The highest BCUT2D eigenvalue weighted by atomic mass is 16.1. The third-order valence-electron chi connectivity index (χ3n) is 7.00. The third-order valence-corrected chi connectivity index (χ3v) is 7.00. The van der Waals surface area contributed by atoms with Gasteiger partial charge in [-0.2, -0.15) is 0 Å². The Hall–Kier alpha value is -4.15. The second-order valence-corrected chi connectivity index (χ2v) is 9.29. The zero-order chi connectivity index (χ0) is 24.9. The van der Waals surface area contributed by atoms with Crippen LogP contribution in [-0.4, -0.2) is 53.5 Å². The lowest BCUT2D eigenvalue weighted by atomic mass is 10.1. The van der Waals surface area contributed by atoms with Crippen LogP contribution in [0.15, 0.2) is 67.0 Å². The SMILES string of the molecule is [C-]#[N+]c1ccc2[nH]cc(CCCCN3CCN(c4ccc(-c5ccc(C(N)=O)cc5)cn4)CC3)c2c1. The van der Waals surface area contributed by atoms with Gasteiger partial charge in [-0.1, -0.05) is 18.2 Å². The number of anilines is 1. The molecule has 0 atom stereocenters. The fourth-order valence-corrected chi connectivity index (χ4v) is 4.87. The Labute approximate surface area is 211 Å². The molecule has 1 saturated heterocycles. The van der Waals surface area contributed by atoms with Gasteiger partial charge < -0.3 is 15.6 Å². The molecule has 0 spiro atoms. The molecule has 1 amide bonds. The number of hydrogen-bond donors (Lipinski definition) is 2. The summed E-state index contributed by atoms with van der Waals surface area (Å²) in [6, 6.07) is 17.3. The zero-order valence-corrected chi connectivity index (χ0v) is 20.3. The number of fused-ring (bicyclic) bond motifs is 1. The Bertz CT molecular complexity index is 1380. The number of primary amides is 1. The van der Waals surface area contributed by atoms with Crippen molar-refractivity contribution in [3.8, 4) is 11.1 Å². The molecular weight excluding hydrogens is 448 g/mol. The van der Waals surface area contributed by atoms with Crippen LogP contribution in [-0.2, 0) is 6.42 Å². The van der Waals surface area contributed by atoms with E-state index in [-0.39, 0.29) is 0 Å². The number of piperazine rings is 1. The molecule has 0 saturated carbocycles. The van der Waals surface area contributed by atoms with Crippen LogP contribution in [0, 0.1) is 6.57 Å². The van der Waals surface area contributed by atoms with Crippen molar-refractivity contribution in [3.05, 3.63) is 89.5 Å². The van der Waals surface area contributed by atoms with E-state index in [1.807, 2.05) is 36.5 Å². The maximum absolute atomic E-state index is 11.3. The molecule has 2 aromatic carbocycles. The molecule has 1 fully saturated rings. The summed E-state index contributed by atoms with van der Waals surface area (Å²) in [5, 5.41) is 1.18. The highest BCUT2D eigenvalue weighted by Crippen LogP contribution is 2.25. The smallest absolute Gasteiger partial charge is 0.248 e. The van der Waals surface area contributed by atoms with Crippen LogP contribution in [0.2, 0.25) is 0 Å². The quantitative estimate of drug-likeness (QED) is 0.275. The summed E-state index contributed by atoms with van der Waals surface area (Å²) in [5.41, 5.74) is 11.0. The number of hydrogen-bond acceptors (Lipinski definition) is 4. The van der Waals surface area contributed by atoms with Crippen molar-refractivity contribution in [1.82, 2.24) is 14.9 Å². The van der Waals surface area contributed by atoms with Crippen molar-refractivity contribution >= 4 is 28.3 Å². The monoisotopic (exact) mass is 478 g/mol. The number of nitrogens with one attached hydrogen (secondary N) is 1. The van der Waals surface area contributed by atoms with E-state index in [0.717, 1.165) is 74.4 Å². The van der Waals surface area contributed by atoms with Crippen molar-refractivity contribution in [1.29, 1.82) is 0 Å². The Morgan fingerprint density at radius 2 is 1.78 bits per heavy atom. The molecule has 0 bridgehead atoms. The van der Waals surface area contributed by atoms with Gasteiger partial charge >= 0.3 is 0 Å². The number of nitrogens with two attached hydrogens (primary N) is 1. The topological polar surface area (TPSA) is 82.6 Å². The van der Waals surface area contributed by atoms with E-state index in [9.17, 15) is 4.79 Å². The lowest BCUT2D eigenvalue weighted by molar-refractivity contribution is 0.100. The summed E-state index contributed by atoms with van der Waals surface area (Å²) in [4.78, 5) is 27.7. The molecule has 3 heterocycles. The van der Waals surface area contributed by atoms with Crippen LogP contribution in [0.1, 0.15) is 28.8 Å². The maximum Gasteiger partial charge on any atom is 0.248 e. The molecule has 4 aromatic rings. The third kappa shape index (κ3) is 5.24. The number of carbonyl (C=O) groups is 1. The van der Waals surface area contributed by atoms with Crippen molar-refractivity contribution in [2.75, 3.05) is 37.6 Å². The van der Waals surface area contributed by atoms with Gasteiger partial charge in [0.05, 0.1) is 6.57 Å². The molecule has 1 aliphatic heterocycles. The van der Waals surface area contributed by atoms with E-state index in [0.29, 0.717) is 11.3 Å². The van der Waals surface area contributed by atoms with E-state index in [1.54, 1.807) is 12.1 Å². The van der Waals surface area contributed by atoms with Gasteiger partial charge in [-0.25, -0.2) is 9.83 Å². The first kappa shape index (κ1) is 23.6. The van der Waals surface area contributed by atoms with Gasteiger partial charge in [0.2, 0.25) is 5.91 Å². The normalized spacial score (nSPS) is 14.1.